The lowest BCUT2D eigenvalue weighted by Crippen LogP contribution is -2.41. The van der Waals surface area contributed by atoms with Crippen molar-refractivity contribution in [3.63, 3.8) is 0 Å². The number of carbonyl (C=O) groups is 2. The number of carbonyl (C=O) groups excluding carboxylic acids is 2. The first-order valence-corrected chi connectivity index (χ1v) is 10.2. The van der Waals surface area contributed by atoms with Crippen LogP contribution in [0.2, 0.25) is 10.0 Å². The molecule has 1 unspecified atom stereocenters. The summed E-state index contributed by atoms with van der Waals surface area (Å²) in [5.74, 6) is -1.01. The maximum absolute atomic E-state index is 13.1. The first kappa shape index (κ1) is 25.0. The fourth-order valence-electron chi connectivity index (χ4n) is 2.93. The molecule has 1 atom stereocenters. The van der Waals surface area contributed by atoms with Gasteiger partial charge in [0.15, 0.2) is 0 Å². The average molecular weight is 476 g/mol. The molecule has 10 heteroatoms. The van der Waals surface area contributed by atoms with Gasteiger partial charge in [-0.15, -0.1) is 0 Å². The van der Waals surface area contributed by atoms with E-state index in [1.54, 1.807) is 32.0 Å². The summed E-state index contributed by atoms with van der Waals surface area (Å²) in [5, 5.41) is 5.94. The molecule has 168 valence electrons. The van der Waals surface area contributed by atoms with Gasteiger partial charge in [0.25, 0.3) is 0 Å². The molecular weight excluding hydrogens is 454 g/mol. The van der Waals surface area contributed by atoms with Gasteiger partial charge in [0, 0.05) is 10.0 Å². The first-order chi connectivity index (χ1) is 14.5. The van der Waals surface area contributed by atoms with Crippen molar-refractivity contribution < 1.29 is 22.8 Å². The van der Waals surface area contributed by atoms with Crippen LogP contribution < -0.4 is 10.6 Å². The second-order valence-electron chi connectivity index (χ2n) is 6.85. The highest BCUT2D eigenvalue weighted by molar-refractivity contribution is 6.35. The number of hydrogen-bond donors (Lipinski definition) is 2. The number of nitrogens with zero attached hydrogens (tertiary/aromatic N) is 1. The van der Waals surface area contributed by atoms with Gasteiger partial charge in [0.2, 0.25) is 11.8 Å². The second-order valence-corrected chi connectivity index (χ2v) is 7.69. The third kappa shape index (κ3) is 7.41. The number of likely N-dealkylation sites (N-methyl/N-ethyl adjacent to an activating group) is 1. The van der Waals surface area contributed by atoms with Crippen molar-refractivity contribution >= 4 is 40.7 Å². The molecule has 2 amide bonds. The summed E-state index contributed by atoms with van der Waals surface area (Å²) >= 11 is 12.0. The topological polar surface area (TPSA) is 61.4 Å². The zero-order chi connectivity index (χ0) is 23.2. The molecule has 0 saturated heterocycles. The lowest BCUT2D eigenvalue weighted by Gasteiger charge is -2.22. The van der Waals surface area contributed by atoms with Crippen LogP contribution in [0, 0.1) is 0 Å². The van der Waals surface area contributed by atoms with E-state index in [9.17, 15) is 22.8 Å². The van der Waals surface area contributed by atoms with Crippen molar-refractivity contribution in [2.45, 2.75) is 26.1 Å². The number of rotatable bonds is 8. The minimum Gasteiger partial charge on any atom is -0.348 e. The van der Waals surface area contributed by atoms with Gasteiger partial charge in [-0.25, -0.2) is 0 Å². The van der Waals surface area contributed by atoms with Gasteiger partial charge in [-0.1, -0.05) is 48.3 Å². The van der Waals surface area contributed by atoms with Gasteiger partial charge in [-0.2, -0.15) is 13.2 Å². The summed E-state index contributed by atoms with van der Waals surface area (Å²) in [6.07, 6.45) is -4.59. The van der Waals surface area contributed by atoms with Crippen LogP contribution in [0.15, 0.2) is 42.5 Å². The SMILES string of the molecule is CCN(CC(=O)Nc1ccccc1C(F)(F)F)CC(=O)NC(C)c1ccc(Cl)cc1Cl. The summed E-state index contributed by atoms with van der Waals surface area (Å²) < 4.78 is 39.2. The lowest BCUT2D eigenvalue weighted by molar-refractivity contribution is -0.137. The van der Waals surface area contributed by atoms with Gasteiger partial charge < -0.3 is 10.6 Å². The van der Waals surface area contributed by atoms with Crippen LogP contribution in [0.3, 0.4) is 0 Å². The molecule has 2 rings (SSSR count). The molecule has 0 fully saturated rings. The normalized spacial score (nSPS) is 12.5. The molecule has 2 aromatic carbocycles. The highest BCUT2D eigenvalue weighted by atomic mass is 35.5. The van der Waals surface area contributed by atoms with Crippen LogP contribution >= 0.6 is 23.2 Å². The maximum atomic E-state index is 13.1. The number of halogens is 5. The Hall–Kier alpha value is -2.29. The average Bonchev–Trinajstić information content (AvgIpc) is 2.66. The molecule has 0 bridgehead atoms. The summed E-state index contributed by atoms with van der Waals surface area (Å²) in [6.45, 7) is 3.48. The molecule has 0 saturated carbocycles. The summed E-state index contributed by atoms with van der Waals surface area (Å²) in [6, 6.07) is 9.26. The molecule has 2 aromatic rings. The number of nitrogens with one attached hydrogen (secondary N) is 2. The standard InChI is InChI=1S/C21H22Cl2F3N3O2/c1-3-29(11-19(30)27-13(2)15-9-8-14(22)10-17(15)23)12-20(31)28-18-7-5-4-6-16(18)21(24,25)26/h4-10,13H,3,11-12H2,1-2H3,(H,27,30)(H,28,31). The van der Waals surface area contributed by atoms with Crippen molar-refractivity contribution in [2.24, 2.45) is 0 Å². The van der Waals surface area contributed by atoms with E-state index in [1.807, 2.05) is 0 Å². The van der Waals surface area contributed by atoms with Crippen LogP contribution in [-0.2, 0) is 15.8 Å². The van der Waals surface area contributed by atoms with Gasteiger partial charge >= 0.3 is 6.18 Å². The van der Waals surface area contributed by atoms with Gasteiger partial charge in [0.1, 0.15) is 0 Å². The van der Waals surface area contributed by atoms with Crippen molar-refractivity contribution in [2.75, 3.05) is 25.0 Å². The van der Waals surface area contributed by atoms with E-state index in [2.05, 4.69) is 10.6 Å². The molecule has 31 heavy (non-hydrogen) atoms. The fourth-order valence-corrected chi connectivity index (χ4v) is 3.50. The monoisotopic (exact) mass is 475 g/mol. The van der Waals surface area contributed by atoms with Crippen molar-refractivity contribution in [1.82, 2.24) is 10.2 Å². The lowest BCUT2D eigenvalue weighted by atomic mass is 10.1. The quantitative estimate of drug-likeness (QED) is 0.554. The molecule has 0 aliphatic rings. The molecular formula is C21H22Cl2F3N3O2. The molecule has 0 radical (unpaired) electrons. The predicted molar refractivity (Wildman–Crippen MR) is 115 cm³/mol. The van der Waals surface area contributed by atoms with Crippen molar-refractivity contribution in [1.29, 1.82) is 0 Å². The number of benzene rings is 2. The van der Waals surface area contributed by atoms with E-state index in [0.29, 0.717) is 22.2 Å². The number of para-hydroxylation sites is 1. The van der Waals surface area contributed by atoms with E-state index in [4.69, 9.17) is 23.2 Å². The Balaban J connectivity index is 1.96. The van der Waals surface area contributed by atoms with Crippen LogP contribution in [0.5, 0.6) is 0 Å². The van der Waals surface area contributed by atoms with Crippen LogP contribution in [0.4, 0.5) is 18.9 Å². The zero-order valence-corrected chi connectivity index (χ0v) is 18.4. The Bertz CT molecular complexity index is 938. The first-order valence-electron chi connectivity index (χ1n) is 9.44. The number of anilines is 1. The smallest absolute Gasteiger partial charge is 0.348 e. The largest absolute Gasteiger partial charge is 0.418 e. The Kier molecular flexibility index (Phi) is 8.73. The van der Waals surface area contributed by atoms with E-state index >= 15 is 0 Å². The Morgan fingerprint density at radius 2 is 1.71 bits per heavy atom. The van der Waals surface area contributed by atoms with E-state index in [0.717, 1.165) is 6.07 Å². The third-order valence-corrected chi connectivity index (χ3v) is 5.06. The fraction of sp³-hybridized carbons (Fsp3) is 0.333. The molecule has 0 aromatic heterocycles. The molecule has 0 aliphatic heterocycles. The molecule has 0 spiro atoms. The maximum Gasteiger partial charge on any atom is 0.418 e. The van der Waals surface area contributed by atoms with Crippen LogP contribution in [0.25, 0.3) is 0 Å². The minimum absolute atomic E-state index is 0.111. The van der Waals surface area contributed by atoms with Gasteiger partial charge in [-0.05, 0) is 43.3 Å². The summed E-state index contributed by atoms with van der Waals surface area (Å²) in [4.78, 5) is 26.2. The van der Waals surface area contributed by atoms with Gasteiger partial charge in [-0.3, -0.25) is 14.5 Å². The summed E-state index contributed by atoms with van der Waals surface area (Å²) in [5.41, 5.74) is -0.576. The van der Waals surface area contributed by atoms with Crippen LogP contribution in [0.1, 0.15) is 31.0 Å². The predicted octanol–water partition coefficient (Wildman–Crippen LogP) is 5.15. The van der Waals surface area contributed by atoms with Crippen molar-refractivity contribution in [3.8, 4) is 0 Å². The zero-order valence-electron chi connectivity index (χ0n) is 16.9. The Morgan fingerprint density at radius 1 is 1.06 bits per heavy atom. The third-order valence-electron chi connectivity index (χ3n) is 4.49. The highest BCUT2D eigenvalue weighted by Crippen LogP contribution is 2.34. The Labute approximate surface area is 188 Å². The number of alkyl halides is 3. The van der Waals surface area contributed by atoms with Crippen molar-refractivity contribution in [3.05, 3.63) is 63.6 Å². The second kappa shape index (κ2) is 10.8. The molecule has 0 heterocycles. The number of amides is 2. The molecule has 0 aliphatic carbocycles. The van der Waals surface area contributed by atoms with E-state index in [-0.39, 0.29) is 24.7 Å². The van der Waals surface area contributed by atoms with Crippen LogP contribution in [-0.4, -0.2) is 36.3 Å². The van der Waals surface area contributed by atoms with E-state index in [1.165, 1.54) is 23.1 Å². The minimum atomic E-state index is -4.59. The molecule has 2 N–H and O–H groups in total. The molecule has 5 nitrogen and oxygen atoms in total. The van der Waals surface area contributed by atoms with E-state index < -0.39 is 23.7 Å². The highest BCUT2D eigenvalue weighted by Gasteiger charge is 2.33. The summed E-state index contributed by atoms with van der Waals surface area (Å²) in [7, 11) is 0. The Morgan fingerprint density at radius 3 is 2.32 bits per heavy atom. The van der Waals surface area contributed by atoms with Gasteiger partial charge in [0.05, 0.1) is 30.4 Å². The number of hydrogen-bond acceptors (Lipinski definition) is 3.